The van der Waals surface area contributed by atoms with Crippen LogP contribution < -0.4 is 16.0 Å². The molecule has 36 heavy (non-hydrogen) atoms. The number of rotatable bonds is 6. The quantitative estimate of drug-likeness (QED) is 0.368. The average Bonchev–Trinajstić information content (AvgIpc) is 3.78. The van der Waals surface area contributed by atoms with Crippen molar-refractivity contribution < 1.29 is 9.59 Å². The van der Waals surface area contributed by atoms with Gasteiger partial charge in [0.25, 0.3) is 0 Å². The highest BCUT2D eigenvalue weighted by Crippen LogP contribution is 2.60. The fraction of sp³-hybridized carbons (Fsp3) is 0.269. The molecular formula is C26H22ClN7O2. The van der Waals surface area contributed by atoms with Crippen LogP contribution in [0.15, 0.2) is 55.1 Å². The molecule has 9 nitrogen and oxygen atoms in total. The van der Waals surface area contributed by atoms with Crippen LogP contribution in [0.2, 0.25) is 5.02 Å². The van der Waals surface area contributed by atoms with Crippen molar-refractivity contribution in [3.05, 3.63) is 77.0 Å². The normalized spacial score (nSPS) is 21.9. The first-order chi connectivity index (χ1) is 17.5. The summed E-state index contributed by atoms with van der Waals surface area (Å²) in [5.74, 6) is 0.720. The summed E-state index contributed by atoms with van der Waals surface area (Å²) in [7, 11) is 0. The first kappa shape index (κ1) is 21.3. The maximum absolute atomic E-state index is 13.0. The van der Waals surface area contributed by atoms with Gasteiger partial charge in [0.1, 0.15) is 23.6 Å². The molecule has 3 N–H and O–H groups in total. The molecule has 3 aromatic heterocycles. The summed E-state index contributed by atoms with van der Waals surface area (Å²) in [6, 6.07) is 11.1. The average molecular weight is 500 g/mol. The number of halogens is 1. The van der Waals surface area contributed by atoms with Crippen LogP contribution >= 0.6 is 11.6 Å². The number of hydrogen-bond acceptors (Lipinski definition) is 6. The number of pyridine rings is 1. The van der Waals surface area contributed by atoms with Crippen LogP contribution in [0.3, 0.4) is 0 Å². The zero-order chi connectivity index (χ0) is 24.4. The SMILES string of the molecule is O=C(Nc1cc(NCc2cn3cc(C4CC4)ccc3n2)ncn1)C1CC12C(=O)Nc1ccc(Cl)cc12. The van der Waals surface area contributed by atoms with Gasteiger partial charge in [0.05, 0.1) is 23.6 Å². The predicted octanol–water partition coefficient (Wildman–Crippen LogP) is 4.12. The van der Waals surface area contributed by atoms with E-state index < -0.39 is 11.3 Å². The van der Waals surface area contributed by atoms with E-state index in [0.717, 1.165) is 16.9 Å². The number of benzene rings is 1. The van der Waals surface area contributed by atoms with Crippen LogP contribution in [-0.2, 0) is 21.5 Å². The molecule has 4 heterocycles. The lowest BCUT2D eigenvalue weighted by Crippen LogP contribution is -2.27. The van der Waals surface area contributed by atoms with E-state index in [-0.39, 0.29) is 11.8 Å². The Morgan fingerprint density at radius 2 is 2.00 bits per heavy atom. The van der Waals surface area contributed by atoms with E-state index in [1.165, 1.54) is 24.7 Å². The Morgan fingerprint density at radius 1 is 1.14 bits per heavy atom. The first-order valence-electron chi connectivity index (χ1n) is 12.0. The Bertz CT molecular complexity index is 1560. The number of hydrogen-bond donors (Lipinski definition) is 3. The molecule has 0 bridgehead atoms. The molecule has 1 spiro atoms. The molecule has 7 rings (SSSR count). The summed E-state index contributed by atoms with van der Waals surface area (Å²) in [6.45, 7) is 0.480. The standard InChI is InChI=1S/C26H22ClN7O2/c27-16-4-5-20-18(7-16)26(25(36)32-20)9-19(26)24(35)33-22-8-21(29-13-30-22)28-10-17-12-34-11-15(14-1-2-14)3-6-23(34)31-17/h3-8,11-14,19H,1-2,9-10H2,(H,32,36)(H2,28,29,30,33,35). The Kier molecular flexibility index (Phi) is 4.59. The zero-order valence-electron chi connectivity index (χ0n) is 19.2. The van der Waals surface area contributed by atoms with Crippen molar-refractivity contribution in [2.24, 2.45) is 5.92 Å². The second-order valence-electron chi connectivity index (χ2n) is 9.74. The fourth-order valence-electron chi connectivity index (χ4n) is 5.20. The topological polar surface area (TPSA) is 113 Å². The lowest BCUT2D eigenvalue weighted by molar-refractivity contribution is -0.122. The van der Waals surface area contributed by atoms with Crippen molar-refractivity contribution in [3.8, 4) is 0 Å². The van der Waals surface area contributed by atoms with E-state index in [0.29, 0.717) is 41.2 Å². The van der Waals surface area contributed by atoms with Crippen molar-refractivity contribution in [1.82, 2.24) is 19.4 Å². The highest BCUT2D eigenvalue weighted by molar-refractivity contribution is 6.31. The third-order valence-corrected chi connectivity index (χ3v) is 7.57. The van der Waals surface area contributed by atoms with Crippen molar-refractivity contribution >= 4 is 46.4 Å². The summed E-state index contributed by atoms with van der Waals surface area (Å²) in [4.78, 5) is 38.8. The molecule has 0 saturated heterocycles. The van der Waals surface area contributed by atoms with Gasteiger partial charge in [-0.2, -0.15) is 0 Å². The Hall–Kier alpha value is -3.98. The second kappa shape index (κ2) is 7.76. The van der Waals surface area contributed by atoms with E-state index in [9.17, 15) is 9.59 Å². The van der Waals surface area contributed by atoms with Crippen LogP contribution in [0.5, 0.6) is 0 Å². The number of carbonyl (C=O) groups excluding carboxylic acids is 2. The summed E-state index contributed by atoms with van der Waals surface area (Å²) in [5, 5.41) is 9.49. The highest BCUT2D eigenvalue weighted by atomic mass is 35.5. The molecule has 1 aromatic carbocycles. The minimum absolute atomic E-state index is 0.165. The molecule has 2 amide bonds. The maximum Gasteiger partial charge on any atom is 0.235 e. The first-order valence-corrected chi connectivity index (χ1v) is 12.3. The molecule has 3 aliphatic rings. The zero-order valence-corrected chi connectivity index (χ0v) is 19.9. The molecule has 2 saturated carbocycles. The third kappa shape index (κ3) is 3.50. The third-order valence-electron chi connectivity index (χ3n) is 7.33. The monoisotopic (exact) mass is 499 g/mol. The van der Waals surface area contributed by atoms with Gasteiger partial charge < -0.3 is 20.4 Å². The van der Waals surface area contributed by atoms with E-state index >= 15 is 0 Å². The molecule has 0 radical (unpaired) electrons. The lowest BCUT2D eigenvalue weighted by Gasteiger charge is -2.10. The largest absolute Gasteiger partial charge is 0.364 e. The number of amides is 2. The van der Waals surface area contributed by atoms with Gasteiger partial charge in [-0.1, -0.05) is 17.7 Å². The van der Waals surface area contributed by atoms with Crippen molar-refractivity contribution in [1.29, 1.82) is 0 Å². The molecule has 10 heteroatoms. The summed E-state index contributed by atoms with van der Waals surface area (Å²) in [5.41, 5.74) is 3.78. The smallest absolute Gasteiger partial charge is 0.235 e. The van der Waals surface area contributed by atoms with E-state index in [4.69, 9.17) is 11.6 Å². The number of imidazole rings is 1. The number of anilines is 3. The number of carbonyl (C=O) groups is 2. The van der Waals surface area contributed by atoms with Crippen LogP contribution in [-0.4, -0.2) is 31.2 Å². The van der Waals surface area contributed by atoms with Crippen LogP contribution in [0.25, 0.3) is 5.65 Å². The van der Waals surface area contributed by atoms with Gasteiger partial charge in [-0.15, -0.1) is 0 Å². The van der Waals surface area contributed by atoms with E-state index in [2.05, 4.69) is 53.6 Å². The summed E-state index contributed by atoms with van der Waals surface area (Å²) < 4.78 is 2.06. The summed E-state index contributed by atoms with van der Waals surface area (Å²) in [6.07, 6.45) is 8.52. The van der Waals surface area contributed by atoms with Gasteiger partial charge in [-0.3, -0.25) is 9.59 Å². The minimum atomic E-state index is -0.860. The predicted molar refractivity (Wildman–Crippen MR) is 135 cm³/mol. The molecule has 4 aromatic rings. The van der Waals surface area contributed by atoms with Gasteiger partial charge in [-0.05, 0) is 60.6 Å². The Balaban J connectivity index is 1.03. The van der Waals surface area contributed by atoms with E-state index in [1.807, 2.05) is 6.20 Å². The Morgan fingerprint density at radius 3 is 2.86 bits per heavy atom. The van der Waals surface area contributed by atoms with Gasteiger partial charge >= 0.3 is 0 Å². The minimum Gasteiger partial charge on any atom is -0.364 e. The number of nitrogens with zero attached hydrogens (tertiary/aromatic N) is 4. The molecule has 2 fully saturated rings. The number of fused-ring (bicyclic) bond motifs is 3. The van der Waals surface area contributed by atoms with Crippen LogP contribution in [0.1, 0.15) is 42.0 Å². The van der Waals surface area contributed by atoms with Crippen LogP contribution in [0.4, 0.5) is 17.3 Å². The molecule has 2 aliphatic carbocycles. The van der Waals surface area contributed by atoms with Crippen molar-refractivity contribution in [3.63, 3.8) is 0 Å². The number of aromatic nitrogens is 4. The maximum atomic E-state index is 13.0. The highest BCUT2D eigenvalue weighted by Gasteiger charge is 2.67. The molecule has 2 unspecified atom stereocenters. The molecule has 2 atom stereocenters. The molecule has 180 valence electrons. The summed E-state index contributed by atoms with van der Waals surface area (Å²) >= 11 is 6.15. The van der Waals surface area contributed by atoms with Crippen molar-refractivity contribution in [2.75, 3.05) is 16.0 Å². The van der Waals surface area contributed by atoms with Gasteiger partial charge in [0.2, 0.25) is 11.8 Å². The fourth-order valence-corrected chi connectivity index (χ4v) is 5.37. The van der Waals surface area contributed by atoms with Crippen LogP contribution in [0, 0.1) is 5.92 Å². The van der Waals surface area contributed by atoms with Gasteiger partial charge in [-0.25, -0.2) is 15.0 Å². The van der Waals surface area contributed by atoms with Gasteiger partial charge in [0.15, 0.2) is 0 Å². The molecule has 1 aliphatic heterocycles. The molecular weight excluding hydrogens is 478 g/mol. The Labute approximate surface area is 211 Å². The van der Waals surface area contributed by atoms with Gasteiger partial charge in [0, 0.05) is 29.2 Å². The van der Waals surface area contributed by atoms with Crippen molar-refractivity contribution in [2.45, 2.75) is 37.1 Å². The van der Waals surface area contributed by atoms with E-state index in [1.54, 1.807) is 24.3 Å². The second-order valence-corrected chi connectivity index (χ2v) is 10.2. The number of nitrogens with one attached hydrogen (secondary N) is 3. The lowest BCUT2D eigenvalue weighted by atomic mass is 9.94.